The van der Waals surface area contributed by atoms with Gasteiger partial charge in [-0.3, -0.25) is 19.8 Å². The highest BCUT2D eigenvalue weighted by atomic mass is 16.6. The maximum Gasteiger partial charge on any atom is 0.333 e. The van der Waals surface area contributed by atoms with Crippen molar-refractivity contribution in [2.24, 2.45) is 7.05 Å². The number of anilines is 1. The molecule has 0 atom stereocenters. The normalized spacial score (nSPS) is 16.0. The number of nitrogens with zero attached hydrogens (tertiary/aromatic N) is 5. The Morgan fingerprint density at radius 1 is 1.38 bits per heavy atom. The largest absolute Gasteiger partial charge is 0.468 e. The van der Waals surface area contributed by atoms with Gasteiger partial charge in [-0.1, -0.05) is 0 Å². The van der Waals surface area contributed by atoms with Crippen LogP contribution in [0.5, 0.6) is 0 Å². The molecular weight excluding hydrogens is 278 g/mol. The second-order valence-electron chi connectivity index (χ2n) is 4.98. The smallest absolute Gasteiger partial charge is 0.333 e. The van der Waals surface area contributed by atoms with Crippen LogP contribution in [0.3, 0.4) is 0 Å². The van der Waals surface area contributed by atoms with E-state index in [1.165, 1.54) is 7.11 Å². The summed E-state index contributed by atoms with van der Waals surface area (Å²) in [6.45, 7) is 4.40. The van der Waals surface area contributed by atoms with Gasteiger partial charge in [0.05, 0.1) is 18.6 Å². The van der Waals surface area contributed by atoms with E-state index in [4.69, 9.17) is 0 Å². The van der Waals surface area contributed by atoms with Gasteiger partial charge in [0.15, 0.2) is 0 Å². The van der Waals surface area contributed by atoms with Crippen molar-refractivity contribution < 1.29 is 14.5 Å². The zero-order valence-corrected chi connectivity index (χ0v) is 12.4. The van der Waals surface area contributed by atoms with Crippen molar-refractivity contribution in [1.29, 1.82) is 0 Å². The molecular formula is C12H19N5O4. The van der Waals surface area contributed by atoms with Crippen LogP contribution < -0.4 is 4.90 Å². The van der Waals surface area contributed by atoms with Crippen molar-refractivity contribution in [3.05, 3.63) is 15.8 Å². The van der Waals surface area contributed by atoms with Gasteiger partial charge in [-0.15, -0.1) is 0 Å². The molecule has 1 aromatic heterocycles. The highest BCUT2D eigenvalue weighted by Gasteiger charge is 2.30. The quantitative estimate of drug-likeness (QED) is 0.436. The lowest BCUT2D eigenvalue weighted by molar-refractivity contribution is -0.384. The van der Waals surface area contributed by atoms with Crippen molar-refractivity contribution in [2.45, 2.75) is 6.92 Å². The zero-order chi connectivity index (χ0) is 15.6. The number of carbonyl (C=O) groups is 1. The van der Waals surface area contributed by atoms with E-state index in [0.29, 0.717) is 37.7 Å². The fourth-order valence-corrected chi connectivity index (χ4v) is 2.57. The molecule has 0 N–H and O–H groups in total. The topological polar surface area (TPSA) is 93.7 Å². The van der Waals surface area contributed by atoms with Crippen LogP contribution >= 0.6 is 0 Å². The Balaban J connectivity index is 2.09. The van der Waals surface area contributed by atoms with Crippen molar-refractivity contribution >= 4 is 17.5 Å². The Morgan fingerprint density at radius 3 is 2.52 bits per heavy atom. The molecule has 0 unspecified atom stereocenters. The van der Waals surface area contributed by atoms with E-state index in [1.807, 2.05) is 9.80 Å². The van der Waals surface area contributed by atoms with Crippen LogP contribution in [0.15, 0.2) is 0 Å². The van der Waals surface area contributed by atoms with Crippen molar-refractivity contribution in [3.8, 4) is 0 Å². The number of hydrogen-bond acceptors (Lipinski definition) is 7. The SMILES string of the molecule is COC(=O)CN1CCN(c2c([N+](=O)[O-])c(C)nn2C)CC1. The van der Waals surface area contributed by atoms with Gasteiger partial charge in [-0.25, -0.2) is 4.68 Å². The second kappa shape index (κ2) is 6.08. The molecule has 9 heteroatoms. The molecule has 0 saturated carbocycles. The molecule has 1 saturated heterocycles. The van der Waals surface area contributed by atoms with Crippen LogP contribution in [-0.4, -0.2) is 65.4 Å². The molecule has 0 amide bonds. The summed E-state index contributed by atoms with van der Waals surface area (Å²) in [5.74, 6) is 0.251. The summed E-state index contributed by atoms with van der Waals surface area (Å²) in [5, 5.41) is 15.3. The summed E-state index contributed by atoms with van der Waals surface area (Å²) in [7, 11) is 3.07. The number of esters is 1. The minimum Gasteiger partial charge on any atom is -0.468 e. The number of hydrogen-bond donors (Lipinski definition) is 0. The average Bonchev–Trinajstić information content (AvgIpc) is 2.74. The van der Waals surface area contributed by atoms with Crippen LogP contribution in [0, 0.1) is 17.0 Å². The first-order valence-electron chi connectivity index (χ1n) is 6.66. The fraction of sp³-hybridized carbons (Fsp3) is 0.667. The van der Waals surface area contributed by atoms with Crippen LogP contribution in [0.1, 0.15) is 5.69 Å². The van der Waals surface area contributed by atoms with Gasteiger partial charge in [0, 0.05) is 33.2 Å². The van der Waals surface area contributed by atoms with E-state index < -0.39 is 4.92 Å². The number of aromatic nitrogens is 2. The first-order chi connectivity index (χ1) is 9.93. The zero-order valence-electron chi connectivity index (χ0n) is 12.4. The van der Waals surface area contributed by atoms with Gasteiger partial charge in [0.2, 0.25) is 5.82 Å². The molecule has 1 aliphatic rings. The molecule has 0 spiro atoms. The van der Waals surface area contributed by atoms with Gasteiger partial charge < -0.3 is 9.64 Å². The predicted octanol–water partition coefficient (Wildman–Crippen LogP) is -0.0683. The molecule has 9 nitrogen and oxygen atoms in total. The number of piperazine rings is 1. The van der Waals surface area contributed by atoms with E-state index in [9.17, 15) is 14.9 Å². The number of carbonyl (C=O) groups excluding carboxylic acids is 1. The molecule has 21 heavy (non-hydrogen) atoms. The lowest BCUT2D eigenvalue weighted by atomic mass is 10.3. The Morgan fingerprint density at radius 2 is 2.00 bits per heavy atom. The maximum atomic E-state index is 11.3. The summed E-state index contributed by atoms with van der Waals surface area (Å²) in [6.07, 6.45) is 0. The molecule has 1 fully saturated rings. The van der Waals surface area contributed by atoms with Crippen LogP contribution in [-0.2, 0) is 16.6 Å². The highest BCUT2D eigenvalue weighted by molar-refractivity contribution is 5.71. The van der Waals surface area contributed by atoms with E-state index in [1.54, 1.807) is 18.7 Å². The Hall–Kier alpha value is -2.16. The Kier molecular flexibility index (Phi) is 4.41. The van der Waals surface area contributed by atoms with Gasteiger partial charge >= 0.3 is 11.7 Å². The summed E-state index contributed by atoms with van der Waals surface area (Å²) < 4.78 is 6.18. The van der Waals surface area contributed by atoms with Crippen LogP contribution in [0.4, 0.5) is 11.5 Å². The molecule has 1 aliphatic heterocycles. The molecule has 2 rings (SSSR count). The van der Waals surface area contributed by atoms with Crippen LogP contribution in [0.2, 0.25) is 0 Å². The minimum atomic E-state index is -0.390. The standard InChI is InChI=1S/C12H19N5O4/c1-9-11(17(19)20)12(14(2)13-9)16-6-4-15(5-7-16)8-10(18)21-3/h4-8H2,1-3H3. The van der Waals surface area contributed by atoms with E-state index in [-0.39, 0.29) is 18.2 Å². The van der Waals surface area contributed by atoms with Crippen molar-refractivity contribution in [1.82, 2.24) is 14.7 Å². The number of ether oxygens (including phenoxy) is 1. The number of methoxy groups -OCH3 is 1. The lowest BCUT2D eigenvalue weighted by Crippen LogP contribution is -2.48. The average molecular weight is 297 g/mol. The number of rotatable bonds is 4. The molecule has 0 aromatic carbocycles. The molecule has 0 bridgehead atoms. The van der Waals surface area contributed by atoms with Gasteiger partial charge in [-0.2, -0.15) is 5.10 Å². The van der Waals surface area contributed by atoms with Gasteiger partial charge in [-0.05, 0) is 6.92 Å². The Labute approximate surface area is 122 Å². The second-order valence-corrected chi connectivity index (χ2v) is 4.98. The number of nitro groups is 1. The third-order valence-electron chi connectivity index (χ3n) is 3.60. The summed E-state index contributed by atoms with van der Waals surface area (Å²) in [6, 6.07) is 0. The number of aryl methyl sites for hydroxylation is 2. The highest BCUT2D eigenvalue weighted by Crippen LogP contribution is 2.31. The molecule has 2 heterocycles. The van der Waals surface area contributed by atoms with E-state index in [2.05, 4.69) is 9.84 Å². The van der Waals surface area contributed by atoms with E-state index >= 15 is 0 Å². The summed E-state index contributed by atoms with van der Waals surface area (Å²) in [5.41, 5.74) is 0.466. The fourth-order valence-electron chi connectivity index (χ4n) is 2.57. The third kappa shape index (κ3) is 3.13. The first kappa shape index (κ1) is 15.2. The van der Waals surface area contributed by atoms with Crippen molar-refractivity contribution in [2.75, 3.05) is 44.7 Å². The molecule has 0 aliphatic carbocycles. The van der Waals surface area contributed by atoms with Crippen molar-refractivity contribution in [3.63, 3.8) is 0 Å². The maximum absolute atomic E-state index is 11.3. The summed E-state index contributed by atoms with van der Waals surface area (Å²) in [4.78, 5) is 26.0. The lowest BCUT2D eigenvalue weighted by Gasteiger charge is -2.34. The minimum absolute atomic E-state index is 0.0546. The molecule has 0 radical (unpaired) electrons. The van der Waals surface area contributed by atoms with E-state index in [0.717, 1.165) is 0 Å². The predicted molar refractivity (Wildman–Crippen MR) is 75.3 cm³/mol. The van der Waals surface area contributed by atoms with Crippen LogP contribution in [0.25, 0.3) is 0 Å². The monoisotopic (exact) mass is 297 g/mol. The third-order valence-corrected chi connectivity index (χ3v) is 3.60. The molecule has 1 aromatic rings. The Bertz CT molecular complexity index is 548. The first-order valence-corrected chi connectivity index (χ1v) is 6.66. The summed E-state index contributed by atoms with van der Waals surface area (Å²) >= 11 is 0. The van der Waals surface area contributed by atoms with Gasteiger partial charge in [0.1, 0.15) is 5.69 Å². The molecule has 116 valence electrons. The van der Waals surface area contributed by atoms with Gasteiger partial charge in [0.25, 0.3) is 0 Å².